The molecule has 0 unspecified atom stereocenters. The molecule has 3 heterocycles. The summed E-state index contributed by atoms with van der Waals surface area (Å²) in [6.45, 7) is 2.94. The summed E-state index contributed by atoms with van der Waals surface area (Å²) in [4.78, 5) is 13.5. The molecule has 3 N–H and O–H groups in total. The lowest BCUT2D eigenvalue weighted by Crippen LogP contribution is -2.15. The zero-order valence-corrected chi connectivity index (χ0v) is 17.8. The molecule has 0 atom stereocenters. The molecular weight excluding hydrogens is 420 g/mol. The molecule has 0 aliphatic heterocycles. The van der Waals surface area contributed by atoms with Crippen molar-refractivity contribution in [2.75, 3.05) is 11.9 Å². The normalized spacial score (nSPS) is 10.8. The molecule has 1 amide bonds. The van der Waals surface area contributed by atoms with Crippen molar-refractivity contribution >= 4 is 35.3 Å². The molecule has 10 heteroatoms. The van der Waals surface area contributed by atoms with Crippen molar-refractivity contribution in [2.45, 2.75) is 19.9 Å². The Hall–Kier alpha value is -3.24. The van der Waals surface area contributed by atoms with Crippen LogP contribution < -0.4 is 10.1 Å². The van der Waals surface area contributed by atoms with Gasteiger partial charge in [-0.2, -0.15) is 10.2 Å². The van der Waals surface area contributed by atoms with E-state index in [9.17, 15) is 4.79 Å². The van der Waals surface area contributed by atoms with E-state index in [4.69, 9.17) is 17.0 Å². The van der Waals surface area contributed by atoms with Gasteiger partial charge in [0.2, 0.25) is 5.91 Å². The van der Waals surface area contributed by atoms with Crippen LogP contribution in [0.15, 0.2) is 47.8 Å². The molecule has 0 radical (unpaired) electrons. The van der Waals surface area contributed by atoms with Gasteiger partial charge >= 0.3 is 0 Å². The second-order valence-corrected chi connectivity index (χ2v) is 7.74. The highest BCUT2D eigenvalue weighted by Crippen LogP contribution is 2.24. The maximum atomic E-state index is 12.4. The summed E-state index contributed by atoms with van der Waals surface area (Å²) in [7, 11) is 0. The number of aromatic amines is 2. The summed E-state index contributed by atoms with van der Waals surface area (Å²) in [6, 6.07) is 13.4. The van der Waals surface area contributed by atoms with Crippen LogP contribution in [-0.4, -0.2) is 37.5 Å². The lowest BCUT2D eigenvalue weighted by atomic mass is 10.2. The number of anilines is 1. The minimum atomic E-state index is -0.153. The van der Waals surface area contributed by atoms with Crippen molar-refractivity contribution in [3.05, 3.63) is 52.6 Å². The average Bonchev–Trinajstić information content (AvgIpc) is 3.49. The molecule has 0 saturated carbocycles. The molecule has 1 aromatic carbocycles. The number of rotatable bonds is 8. The van der Waals surface area contributed by atoms with Crippen molar-refractivity contribution < 1.29 is 9.53 Å². The molecule has 4 aromatic rings. The quantitative estimate of drug-likeness (QED) is 0.351. The second-order valence-electron chi connectivity index (χ2n) is 6.40. The van der Waals surface area contributed by atoms with Gasteiger partial charge in [-0.05, 0) is 54.9 Å². The minimum Gasteiger partial charge on any atom is -0.494 e. The van der Waals surface area contributed by atoms with Gasteiger partial charge in [0.15, 0.2) is 16.4 Å². The van der Waals surface area contributed by atoms with E-state index in [2.05, 4.69) is 25.7 Å². The summed E-state index contributed by atoms with van der Waals surface area (Å²) in [5, 5.41) is 19.0. The number of carbonyl (C=O) groups excluding carboxylic acids is 1. The van der Waals surface area contributed by atoms with E-state index in [0.29, 0.717) is 29.6 Å². The first kappa shape index (κ1) is 20.0. The fraction of sp³-hybridized carbons (Fsp3) is 0.200. The van der Waals surface area contributed by atoms with Crippen molar-refractivity contribution in [2.24, 2.45) is 0 Å². The van der Waals surface area contributed by atoms with E-state index in [1.807, 2.05) is 59.3 Å². The smallest absolute Gasteiger partial charge is 0.227 e. The number of nitrogens with one attached hydrogen (secondary N) is 3. The number of hydrogen-bond donors (Lipinski definition) is 3. The van der Waals surface area contributed by atoms with E-state index < -0.39 is 0 Å². The first-order valence-corrected chi connectivity index (χ1v) is 10.7. The van der Waals surface area contributed by atoms with Gasteiger partial charge in [0.1, 0.15) is 5.75 Å². The number of hydrogen-bond acceptors (Lipinski definition) is 6. The predicted molar refractivity (Wildman–Crippen MR) is 119 cm³/mol. The Bertz CT molecular complexity index is 1170. The molecule has 154 valence electrons. The lowest BCUT2D eigenvalue weighted by molar-refractivity contribution is -0.116. The van der Waals surface area contributed by atoms with Gasteiger partial charge in [-0.15, -0.1) is 11.3 Å². The molecule has 30 heavy (non-hydrogen) atoms. The zero-order valence-electron chi connectivity index (χ0n) is 16.2. The van der Waals surface area contributed by atoms with Crippen LogP contribution in [0.1, 0.15) is 13.3 Å². The van der Waals surface area contributed by atoms with Crippen LogP contribution >= 0.6 is 23.6 Å². The Morgan fingerprint density at radius 1 is 1.23 bits per heavy atom. The number of H-pyrrole nitrogens is 2. The summed E-state index contributed by atoms with van der Waals surface area (Å²) in [6.07, 6.45) is 0.235. The number of ether oxygens (including phenoxy) is 1. The molecule has 0 saturated heterocycles. The minimum absolute atomic E-state index is 0.153. The third-order valence-electron chi connectivity index (χ3n) is 4.38. The van der Waals surface area contributed by atoms with Crippen LogP contribution in [0.5, 0.6) is 5.75 Å². The van der Waals surface area contributed by atoms with Crippen molar-refractivity contribution in [1.82, 2.24) is 25.0 Å². The highest BCUT2D eigenvalue weighted by atomic mass is 32.1. The van der Waals surface area contributed by atoms with Crippen LogP contribution in [0.25, 0.3) is 22.0 Å². The van der Waals surface area contributed by atoms with E-state index in [0.717, 1.165) is 21.9 Å². The maximum absolute atomic E-state index is 12.4. The van der Waals surface area contributed by atoms with Crippen LogP contribution in [0, 0.1) is 4.77 Å². The van der Waals surface area contributed by atoms with Gasteiger partial charge in [0.05, 0.1) is 17.2 Å². The van der Waals surface area contributed by atoms with Gasteiger partial charge in [-0.25, -0.2) is 0 Å². The van der Waals surface area contributed by atoms with Gasteiger partial charge in [0, 0.05) is 24.6 Å². The molecule has 0 aliphatic rings. The highest BCUT2D eigenvalue weighted by Gasteiger charge is 2.12. The third kappa shape index (κ3) is 4.50. The predicted octanol–water partition coefficient (Wildman–Crippen LogP) is 4.49. The number of benzene rings is 1. The molecule has 0 fully saturated rings. The second kappa shape index (κ2) is 9.06. The Labute approximate surface area is 181 Å². The van der Waals surface area contributed by atoms with Crippen molar-refractivity contribution in [1.29, 1.82) is 0 Å². The molecule has 0 bridgehead atoms. The summed E-state index contributed by atoms with van der Waals surface area (Å²) >= 11 is 6.95. The highest BCUT2D eigenvalue weighted by molar-refractivity contribution is 7.71. The number of thiophene rings is 1. The van der Waals surface area contributed by atoms with Crippen molar-refractivity contribution in [3.63, 3.8) is 0 Å². The Morgan fingerprint density at radius 2 is 2.07 bits per heavy atom. The van der Waals surface area contributed by atoms with Crippen LogP contribution in [0.3, 0.4) is 0 Å². The van der Waals surface area contributed by atoms with Gasteiger partial charge in [-0.3, -0.25) is 19.6 Å². The van der Waals surface area contributed by atoms with E-state index in [1.54, 1.807) is 11.3 Å². The van der Waals surface area contributed by atoms with E-state index in [-0.39, 0.29) is 12.3 Å². The fourth-order valence-electron chi connectivity index (χ4n) is 2.97. The van der Waals surface area contributed by atoms with E-state index in [1.165, 1.54) is 0 Å². The third-order valence-corrected chi connectivity index (χ3v) is 5.59. The standard InChI is InChI=1S/C20H20N6O2S2/c1-2-28-14-7-5-13(6-8-14)19-24-25-20(29)26(19)10-9-18(27)21-17-12-15(22-23-17)16-4-3-11-30-16/h3-8,11-12H,2,9-10H2,1H3,(H,25,29)(H2,21,22,23,27). The molecular formula is C20H20N6O2S2. The first-order valence-electron chi connectivity index (χ1n) is 9.41. The summed E-state index contributed by atoms with van der Waals surface area (Å²) < 4.78 is 7.75. The van der Waals surface area contributed by atoms with Crippen molar-refractivity contribution in [3.8, 4) is 27.7 Å². The number of aromatic nitrogens is 5. The number of nitrogens with zero attached hydrogens (tertiary/aromatic N) is 3. The molecule has 0 aliphatic carbocycles. The van der Waals surface area contributed by atoms with Gasteiger partial charge in [-0.1, -0.05) is 6.07 Å². The van der Waals surface area contributed by atoms with E-state index >= 15 is 0 Å². The maximum Gasteiger partial charge on any atom is 0.227 e. The van der Waals surface area contributed by atoms with Gasteiger partial charge < -0.3 is 10.1 Å². The monoisotopic (exact) mass is 440 g/mol. The SMILES string of the molecule is CCOc1ccc(-c2n[nH]c(=S)n2CCC(=O)Nc2cc(-c3cccs3)[nH]n2)cc1. The number of carbonyl (C=O) groups is 1. The molecule has 4 rings (SSSR count). The molecule has 0 spiro atoms. The Balaban J connectivity index is 1.41. The first-order chi connectivity index (χ1) is 14.6. The van der Waals surface area contributed by atoms with Gasteiger partial charge in [0.25, 0.3) is 0 Å². The Kier molecular flexibility index (Phi) is 6.05. The summed E-state index contributed by atoms with van der Waals surface area (Å²) in [5.74, 6) is 1.81. The summed E-state index contributed by atoms with van der Waals surface area (Å²) in [5.41, 5.74) is 1.76. The average molecular weight is 441 g/mol. The van der Waals surface area contributed by atoms with Crippen LogP contribution in [-0.2, 0) is 11.3 Å². The Morgan fingerprint density at radius 3 is 2.80 bits per heavy atom. The topological polar surface area (TPSA) is 101 Å². The lowest BCUT2D eigenvalue weighted by Gasteiger charge is -2.08. The fourth-order valence-corrected chi connectivity index (χ4v) is 3.89. The molecule has 8 nitrogen and oxygen atoms in total. The zero-order chi connectivity index (χ0) is 20.9. The van der Waals surface area contributed by atoms with Crippen LogP contribution in [0.4, 0.5) is 5.82 Å². The molecule has 3 aromatic heterocycles. The largest absolute Gasteiger partial charge is 0.494 e. The van der Waals surface area contributed by atoms with Crippen LogP contribution in [0.2, 0.25) is 0 Å². The number of amides is 1.